The van der Waals surface area contributed by atoms with Gasteiger partial charge in [0.2, 0.25) is 5.91 Å². The SMILES string of the molecule is CC[C@H](NC(=O)CCc1ccc(OC)cc1)C(=O)O. The van der Waals surface area contributed by atoms with Crippen molar-refractivity contribution < 1.29 is 19.4 Å². The van der Waals surface area contributed by atoms with E-state index in [9.17, 15) is 9.59 Å². The van der Waals surface area contributed by atoms with Crippen LogP contribution in [0.1, 0.15) is 25.3 Å². The molecular formula is C14H19NO4. The lowest BCUT2D eigenvalue weighted by Gasteiger charge is -2.12. The maximum atomic E-state index is 11.6. The molecule has 5 heteroatoms. The molecule has 104 valence electrons. The largest absolute Gasteiger partial charge is 0.497 e. The Morgan fingerprint density at radius 3 is 2.42 bits per heavy atom. The normalized spacial score (nSPS) is 11.7. The minimum absolute atomic E-state index is 0.245. The van der Waals surface area contributed by atoms with E-state index in [1.165, 1.54) is 0 Å². The van der Waals surface area contributed by atoms with E-state index in [1.54, 1.807) is 14.0 Å². The third-order valence-corrected chi connectivity index (χ3v) is 2.84. The Labute approximate surface area is 112 Å². The summed E-state index contributed by atoms with van der Waals surface area (Å²) in [6.07, 6.45) is 1.23. The lowest BCUT2D eigenvalue weighted by molar-refractivity contribution is -0.141. The summed E-state index contributed by atoms with van der Waals surface area (Å²) in [6.45, 7) is 1.72. The zero-order chi connectivity index (χ0) is 14.3. The monoisotopic (exact) mass is 265 g/mol. The Morgan fingerprint density at radius 2 is 1.95 bits per heavy atom. The van der Waals surface area contributed by atoms with Crippen LogP contribution in [0.15, 0.2) is 24.3 Å². The van der Waals surface area contributed by atoms with Crippen LogP contribution in [0.4, 0.5) is 0 Å². The lowest BCUT2D eigenvalue weighted by Crippen LogP contribution is -2.40. The van der Waals surface area contributed by atoms with Gasteiger partial charge in [0.05, 0.1) is 7.11 Å². The number of aryl methyl sites for hydroxylation is 1. The predicted molar refractivity (Wildman–Crippen MR) is 71.2 cm³/mol. The van der Waals surface area contributed by atoms with E-state index in [-0.39, 0.29) is 12.3 Å². The number of hydrogen-bond acceptors (Lipinski definition) is 3. The second-order valence-corrected chi connectivity index (χ2v) is 4.21. The highest BCUT2D eigenvalue weighted by atomic mass is 16.5. The summed E-state index contributed by atoms with van der Waals surface area (Å²) in [5.74, 6) is -0.476. The van der Waals surface area contributed by atoms with E-state index in [2.05, 4.69) is 5.32 Å². The first-order chi connectivity index (χ1) is 9.06. The van der Waals surface area contributed by atoms with Crippen molar-refractivity contribution in [2.45, 2.75) is 32.2 Å². The first-order valence-corrected chi connectivity index (χ1v) is 6.22. The molecule has 1 amide bonds. The molecule has 0 spiro atoms. The molecule has 1 aromatic carbocycles. The van der Waals surface area contributed by atoms with E-state index < -0.39 is 12.0 Å². The standard InChI is InChI=1S/C14H19NO4/c1-3-12(14(17)18)15-13(16)9-6-10-4-7-11(19-2)8-5-10/h4-5,7-8,12H,3,6,9H2,1-2H3,(H,15,16)(H,17,18)/t12-/m0/s1. The second-order valence-electron chi connectivity index (χ2n) is 4.21. The highest BCUT2D eigenvalue weighted by Crippen LogP contribution is 2.12. The molecule has 0 aliphatic heterocycles. The van der Waals surface area contributed by atoms with Crippen LogP contribution in [0.3, 0.4) is 0 Å². The Hall–Kier alpha value is -2.04. The predicted octanol–water partition coefficient (Wildman–Crippen LogP) is 1.61. The maximum absolute atomic E-state index is 11.6. The summed E-state index contributed by atoms with van der Waals surface area (Å²) in [7, 11) is 1.60. The zero-order valence-corrected chi connectivity index (χ0v) is 11.2. The van der Waals surface area contributed by atoms with Gasteiger partial charge in [-0.25, -0.2) is 4.79 Å². The summed E-state index contributed by atoms with van der Waals surface area (Å²) in [6, 6.07) is 6.64. The Morgan fingerprint density at radius 1 is 1.32 bits per heavy atom. The molecule has 0 heterocycles. The van der Waals surface area contributed by atoms with Gasteiger partial charge >= 0.3 is 5.97 Å². The third-order valence-electron chi connectivity index (χ3n) is 2.84. The highest BCUT2D eigenvalue weighted by molar-refractivity contribution is 5.83. The van der Waals surface area contributed by atoms with E-state index in [0.717, 1.165) is 11.3 Å². The van der Waals surface area contributed by atoms with Crippen LogP contribution in [-0.2, 0) is 16.0 Å². The first kappa shape index (κ1) is 15.0. The molecule has 1 atom stereocenters. The van der Waals surface area contributed by atoms with Crippen molar-refractivity contribution in [3.63, 3.8) is 0 Å². The van der Waals surface area contributed by atoms with E-state index in [1.807, 2.05) is 24.3 Å². The number of nitrogens with one attached hydrogen (secondary N) is 1. The Kier molecular flexibility index (Phi) is 5.85. The molecule has 0 aliphatic rings. The van der Waals surface area contributed by atoms with Crippen LogP contribution in [0.5, 0.6) is 5.75 Å². The molecule has 19 heavy (non-hydrogen) atoms. The number of amides is 1. The van der Waals surface area contributed by atoms with E-state index in [0.29, 0.717) is 12.8 Å². The molecule has 0 aliphatic carbocycles. The van der Waals surface area contributed by atoms with E-state index in [4.69, 9.17) is 9.84 Å². The molecular weight excluding hydrogens is 246 g/mol. The molecule has 0 saturated carbocycles. The number of carboxylic acid groups (broad SMARTS) is 1. The van der Waals surface area contributed by atoms with Gasteiger partial charge in [0.1, 0.15) is 11.8 Å². The van der Waals surface area contributed by atoms with Crippen molar-refractivity contribution in [1.82, 2.24) is 5.32 Å². The molecule has 5 nitrogen and oxygen atoms in total. The van der Waals surface area contributed by atoms with Gasteiger partial charge in [-0.1, -0.05) is 19.1 Å². The van der Waals surface area contributed by atoms with Crippen molar-refractivity contribution in [3.05, 3.63) is 29.8 Å². The van der Waals surface area contributed by atoms with Crippen molar-refractivity contribution in [1.29, 1.82) is 0 Å². The van der Waals surface area contributed by atoms with Crippen molar-refractivity contribution in [2.24, 2.45) is 0 Å². The smallest absolute Gasteiger partial charge is 0.326 e. The average molecular weight is 265 g/mol. The van der Waals surface area contributed by atoms with Gasteiger partial charge in [-0.05, 0) is 30.5 Å². The number of carbonyl (C=O) groups is 2. The fraction of sp³-hybridized carbons (Fsp3) is 0.429. The molecule has 0 aromatic heterocycles. The second kappa shape index (κ2) is 7.41. The number of methoxy groups -OCH3 is 1. The summed E-state index contributed by atoms with van der Waals surface area (Å²) in [5.41, 5.74) is 1.01. The number of carboxylic acids is 1. The molecule has 1 aromatic rings. The van der Waals surface area contributed by atoms with Crippen LogP contribution >= 0.6 is 0 Å². The summed E-state index contributed by atoms with van der Waals surface area (Å²) in [5, 5.41) is 11.3. The number of rotatable bonds is 7. The fourth-order valence-electron chi connectivity index (χ4n) is 1.65. The van der Waals surface area contributed by atoms with Crippen molar-refractivity contribution in [3.8, 4) is 5.75 Å². The van der Waals surface area contributed by atoms with Gasteiger partial charge in [-0.15, -0.1) is 0 Å². The van der Waals surface area contributed by atoms with Gasteiger partial charge in [-0.2, -0.15) is 0 Å². The van der Waals surface area contributed by atoms with Gasteiger partial charge in [-0.3, -0.25) is 4.79 Å². The number of benzene rings is 1. The van der Waals surface area contributed by atoms with Crippen LogP contribution < -0.4 is 10.1 Å². The molecule has 0 radical (unpaired) electrons. The molecule has 2 N–H and O–H groups in total. The van der Waals surface area contributed by atoms with Gasteiger partial charge in [0.25, 0.3) is 0 Å². The summed E-state index contributed by atoms with van der Waals surface area (Å²) in [4.78, 5) is 22.4. The number of hydrogen-bond donors (Lipinski definition) is 2. The van der Waals surface area contributed by atoms with Crippen LogP contribution in [-0.4, -0.2) is 30.1 Å². The van der Waals surface area contributed by atoms with Gasteiger partial charge in [0, 0.05) is 6.42 Å². The molecule has 0 fully saturated rings. The van der Waals surface area contributed by atoms with E-state index >= 15 is 0 Å². The molecule has 0 saturated heterocycles. The van der Waals surface area contributed by atoms with Crippen LogP contribution in [0.2, 0.25) is 0 Å². The molecule has 0 bridgehead atoms. The quantitative estimate of drug-likeness (QED) is 0.785. The minimum atomic E-state index is -1.000. The number of aliphatic carboxylic acids is 1. The average Bonchev–Trinajstić information content (AvgIpc) is 2.42. The summed E-state index contributed by atoms with van der Waals surface area (Å²) < 4.78 is 5.04. The van der Waals surface area contributed by atoms with Crippen molar-refractivity contribution in [2.75, 3.05) is 7.11 Å². The molecule has 0 unspecified atom stereocenters. The zero-order valence-electron chi connectivity index (χ0n) is 11.2. The Balaban J connectivity index is 2.42. The fourth-order valence-corrected chi connectivity index (χ4v) is 1.65. The van der Waals surface area contributed by atoms with Crippen LogP contribution in [0.25, 0.3) is 0 Å². The number of carbonyl (C=O) groups excluding carboxylic acids is 1. The highest BCUT2D eigenvalue weighted by Gasteiger charge is 2.16. The minimum Gasteiger partial charge on any atom is -0.497 e. The Bertz CT molecular complexity index is 428. The maximum Gasteiger partial charge on any atom is 0.326 e. The summed E-state index contributed by atoms with van der Waals surface area (Å²) >= 11 is 0. The third kappa shape index (κ3) is 4.99. The van der Waals surface area contributed by atoms with Gasteiger partial charge in [0.15, 0.2) is 0 Å². The number of ether oxygens (including phenoxy) is 1. The topological polar surface area (TPSA) is 75.6 Å². The lowest BCUT2D eigenvalue weighted by atomic mass is 10.1. The van der Waals surface area contributed by atoms with Gasteiger partial charge < -0.3 is 15.2 Å². The molecule has 1 rings (SSSR count). The first-order valence-electron chi connectivity index (χ1n) is 6.22. The van der Waals surface area contributed by atoms with Crippen molar-refractivity contribution >= 4 is 11.9 Å². The van der Waals surface area contributed by atoms with Crippen LogP contribution in [0, 0.1) is 0 Å².